The lowest BCUT2D eigenvalue weighted by molar-refractivity contribution is -0.116. The summed E-state index contributed by atoms with van der Waals surface area (Å²) < 4.78 is 0. The van der Waals surface area contributed by atoms with Crippen LogP contribution in [0.4, 0.5) is 5.69 Å². The molecule has 0 N–H and O–H groups in total. The van der Waals surface area contributed by atoms with Crippen molar-refractivity contribution in [2.75, 3.05) is 11.4 Å². The van der Waals surface area contributed by atoms with Gasteiger partial charge >= 0.3 is 0 Å². The molecule has 0 aromatic heterocycles. The van der Waals surface area contributed by atoms with Crippen molar-refractivity contribution in [1.29, 1.82) is 0 Å². The topological polar surface area (TPSA) is 20.3 Å². The number of rotatable bonds is 1. The fourth-order valence-electron chi connectivity index (χ4n) is 1.76. The average Bonchev–Trinajstić information content (AvgIpc) is 2.52. The van der Waals surface area contributed by atoms with Gasteiger partial charge in [-0.15, -0.1) is 0 Å². The Morgan fingerprint density at radius 2 is 2.27 bits per heavy atom. The Morgan fingerprint density at radius 1 is 1.53 bits per heavy atom. The Balaban J connectivity index is 2.37. The molecule has 0 bridgehead atoms. The van der Waals surface area contributed by atoms with E-state index in [0.29, 0.717) is 5.02 Å². The zero-order valence-corrected chi connectivity index (χ0v) is 10.7. The number of carbonyl (C=O) groups is 1. The van der Waals surface area contributed by atoms with Crippen LogP contribution in [0.25, 0.3) is 0 Å². The molecule has 1 unspecified atom stereocenters. The second kappa shape index (κ2) is 4.14. The van der Waals surface area contributed by atoms with Gasteiger partial charge in [-0.25, -0.2) is 0 Å². The molecule has 1 saturated heterocycles. The first kappa shape index (κ1) is 11.0. The van der Waals surface area contributed by atoms with Crippen molar-refractivity contribution < 1.29 is 4.79 Å². The van der Waals surface area contributed by atoms with Crippen LogP contribution in [0.3, 0.4) is 0 Å². The summed E-state index contributed by atoms with van der Waals surface area (Å²) in [6.07, 6.45) is 0.852. The maximum Gasteiger partial charge on any atom is 0.240 e. The van der Waals surface area contributed by atoms with Gasteiger partial charge in [-0.1, -0.05) is 33.6 Å². The van der Waals surface area contributed by atoms with Crippen LogP contribution in [0, 0.1) is 6.92 Å². The quantitative estimate of drug-likeness (QED) is 0.727. The predicted molar refractivity (Wildman–Crippen MR) is 65.9 cm³/mol. The summed E-state index contributed by atoms with van der Waals surface area (Å²) in [7, 11) is 0. The Hall–Kier alpha value is -0.540. The minimum absolute atomic E-state index is 0.0455. The van der Waals surface area contributed by atoms with Crippen LogP contribution < -0.4 is 4.90 Å². The van der Waals surface area contributed by atoms with E-state index in [2.05, 4.69) is 15.9 Å². The second-order valence-corrected chi connectivity index (χ2v) is 5.22. The van der Waals surface area contributed by atoms with Crippen LogP contribution in [-0.4, -0.2) is 17.3 Å². The summed E-state index contributed by atoms with van der Waals surface area (Å²) >= 11 is 9.29. The lowest BCUT2D eigenvalue weighted by Crippen LogP contribution is -2.27. The Bertz CT molecular complexity index is 408. The number of nitrogens with zero attached hydrogens (tertiary/aromatic N) is 1. The maximum atomic E-state index is 11.8. The molecule has 15 heavy (non-hydrogen) atoms. The minimum atomic E-state index is -0.0455. The number of anilines is 1. The average molecular weight is 289 g/mol. The molecule has 2 nitrogen and oxygen atoms in total. The Morgan fingerprint density at radius 3 is 2.87 bits per heavy atom. The molecule has 0 radical (unpaired) electrons. The first-order chi connectivity index (χ1) is 7.09. The van der Waals surface area contributed by atoms with Gasteiger partial charge in [0, 0.05) is 17.3 Å². The van der Waals surface area contributed by atoms with Crippen LogP contribution in [0.15, 0.2) is 18.2 Å². The minimum Gasteiger partial charge on any atom is -0.311 e. The smallest absolute Gasteiger partial charge is 0.240 e. The number of hydrogen-bond donors (Lipinski definition) is 0. The molecule has 1 aromatic rings. The molecule has 1 fully saturated rings. The monoisotopic (exact) mass is 287 g/mol. The van der Waals surface area contributed by atoms with E-state index >= 15 is 0 Å². The summed E-state index contributed by atoms with van der Waals surface area (Å²) in [6.45, 7) is 2.75. The SMILES string of the molecule is Cc1ccc(Cl)cc1N1CCC(Br)C1=O. The predicted octanol–water partition coefficient (Wildman–Crippen LogP) is 3.15. The van der Waals surface area contributed by atoms with Gasteiger partial charge < -0.3 is 4.90 Å². The first-order valence-electron chi connectivity index (χ1n) is 4.81. The molecule has 1 atom stereocenters. The van der Waals surface area contributed by atoms with E-state index < -0.39 is 0 Å². The van der Waals surface area contributed by atoms with E-state index in [4.69, 9.17) is 11.6 Å². The Kier molecular flexibility index (Phi) is 3.03. The molecule has 1 aromatic carbocycles. The van der Waals surface area contributed by atoms with Crippen LogP contribution in [0.5, 0.6) is 0 Å². The second-order valence-electron chi connectivity index (χ2n) is 3.68. The zero-order valence-electron chi connectivity index (χ0n) is 8.34. The van der Waals surface area contributed by atoms with Crippen molar-refractivity contribution in [2.45, 2.75) is 18.2 Å². The molecule has 80 valence electrons. The lowest BCUT2D eigenvalue weighted by atomic mass is 10.2. The van der Waals surface area contributed by atoms with Gasteiger partial charge in [0.25, 0.3) is 0 Å². The normalized spacial score (nSPS) is 21.1. The standard InChI is InChI=1S/C11H11BrClNO/c1-7-2-3-8(13)6-10(7)14-5-4-9(12)11(14)15/h2-3,6,9H,4-5H2,1H3. The summed E-state index contributed by atoms with van der Waals surface area (Å²) in [4.78, 5) is 13.6. The first-order valence-corrected chi connectivity index (χ1v) is 6.10. The van der Waals surface area contributed by atoms with Gasteiger partial charge in [-0.3, -0.25) is 4.79 Å². The molecule has 2 rings (SSSR count). The highest BCUT2D eigenvalue weighted by molar-refractivity contribution is 9.10. The number of benzene rings is 1. The van der Waals surface area contributed by atoms with Crippen LogP contribution >= 0.6 is 27.5 Å². The summed E-state index contributed by atoms with van der Waals surface area (Å²) in [6, 6.07) is 5.62. The molecule has 0 saturated carbocycles. The van der Waals surface area contributed by atoms with Crippen molar-refractivity contribution >= 4 is 39.1 Å². The Labute approximate surface area is 102 Å². The number of alkyl halides is 1. The highest BCUT2D eigenvalue weighted by Crippen LogP contribution is 2.30. The van der Waals surface area contributed by atoms with Crippen LogP contribution in [-0.2, 0) is 4.79 Å². The molecular weight excluding hydrogens is 277 g/mol. The molecule has 0 aliphatic carbocycles. The van der Waals surface area contributed by atoms with Crippen molar-refractivity contribution in [3.63, 3.8) is 0 Å². The molecule has 1 amide bonds. The third-order valence-corrected chi connectivity index (χ3v) is 3.69. The molecule has 4 heteroatoms. The number of carbonyl (C=O) groups excluding carboxylic acids is 1. The third-order valence-electron chi connectivity index (χ3n) is 2.60. The number of amides is 1. The van der Waals surface area contributed by atoms with Gasteiger partial charge in [0.2, 0.25) is 5.91 Å². The van der Waals surface area contributed by atoms with Gasteiger partial charge in [-0.05, 0) is 31.0 Å². The van der Waals surface area contributed by atoms with E-state index in [0.717, 1.165) is 24.2 Å². The largest absolute Gasteiger partial charge is 0.311 e. The molecule has 0 spiro atoms. The fourth-order valence-corrected chi connectivity index (χ4v) is 2.38. The van der Waals surface area contributed by atoms with E-state index in [-0.39, 0.29) is 10.7 Å². The van der Waals surface area contributed by atoms with E-state index in [1.165, 1.54) is 0 Å². The molecule has 1 aliphatic heterocycles. The van der Waals surface area contributed by atoms with Crippen LogP contribution in [0.1, 0.15) is 12.0 Å². The molecular formula is C11H11BrClNO. The maximum absolute atomic E-state index is 11.8. The third kappa shape index (κ3) is 2.04. The van der Waals surface area contributed by atoms with Crippen molar-refractivity contribution in [1.82, 2.24) is 0 Å². The van der Waals surface area contributed by atoms with E-state index in [1.54, 1.807) is 4.90 Å². The molecule has 1 heterocycles. The number of halogens is 2. The fraction of sp³-hybridized carbons (Fsp3) is 0.364. The molecule has 1 aliphatic rings. The van der Waals surface area contributed by atoms with Gasteiger partial charge in [0.05, 0.1) is 4.83 Å². The highest BCUT2D eigenvalue weighted by Gasteiger charge is 2.31. The van der Waals surface area contributed by atoms with E-state index in [1.807, 2.05) is 25.1 Å². The van der Waals surface area contributed by atoms with Gasteiger partial charge in [0.15, 0.2) is 0 Å². The zero-order chi connectivity index (χ0) is 11.0. The highest BCUT2D eigenvalue weighted by atomic mass is 79.9. The number of hydrogen-bond acceptors (Lipinski definition) is 1. The lowest BCUT2D eigenvalue weighted by Gasteiger charge is -2.18. The number of aryl methyl sites for hydroxylation is 1. The van der Waals surface area contributed by atoms with Crippen LogP contribution in [0.2, 0.25) is 5.02 Å². The van der Waals surface area contributed by atoms with Crippen molar-refractivity contribution in [2.24, 2.45) is 0 Å². The summed E-state index contributed by atoms with van der Waals surface area (Å²) in [5.74, 6) is 0.125. The summed E-state index contributed by atoms with van der Waals surface area (Å²) in [5, 5.41) is 0.668. The summed E-state index contributed by atoms with van der Waals surface area (Å²) in [5.41, 5.74) is 2.00. The van der Waals surface area contributed by atoms with Crippen molar-refractivity contribution in [3.8, 4) is 0 Å². The van der Waals surface area contributed by atoms with E-state index in [9.17, 15) is 4.79 Å². The van der Waals surface area contributed by atoms with Gasteiger partial charge in [0.1, 0.15) is 0 Å². The van der Waals surface area contributed by atoms with Gasteiger partial charge in [-0.2, -0.15) is 0 Å². The van der Waals surface area contributed by atoms with Crippen molar-refractivity contribution in [3.05, 3.63) is 28.8 Å².